The number of benzene rings is 12. The molecule has 2 heterocycles. The quantitative estimate of drug-likeness (QED) is 0.00989. The molecule has 0 saturated carbocycles. The van der Waals surface area contributed by atoms with Crippen molar-refractivity contribution >= 4 is 146 Å². The number of aromatic nitrogens is 2. The van der Waals surface area contributed by atoms with Crippen molar-refractivity contribution in [2.45, 2.75) is 41.9 Å². The zero-order valence-corrected chi connectivity index (χ0v) is 75.5. The van der Waals surface area contributed by atoms with Gasteiger partial charge in [-0.1, -0.05) is 188 Å². The lowest BCUT2D eigenvalue weighted by Gasteiger charge is -2.10. The molecule has 0 fully saturated rings. The molecular weight excluding hydrogens is 1840 g/mol. The average Bonchev–Trinajstić information content (AvgIpc) is 0.900. The van der Waals surface area contributed by atoms with E-state index < -0.39 is 70.5 Å². The number of pyridine rings is 2. The fourth-order valence-electron chi connectivity index (χ4n) is 10.5. The number of nitro groups is 2. The summed E-state index contributed by atoms with van der Waals surface area (Å²) in [6.45, 7) is 0.984. The van der Waals surface area contributed by atoms with E-state index in [2.05, 4.69) is 49.5 Å². The summed E-state index contributed by atoms with van der Waals surface area (Å²) in [5.41, 5.74) is 24.8. The van der Waals surface area contributed by atoms with Crippen LogP contribution in [0.25, 0.3) is 0 Å². The van der Waals surface area contributed by atoms with Crippen LogP contribution in [0, 0.1) is 20.2 Å². The average molecular weight is 1930 g/mol. The number of non-ortho nitro benzene ring substituents is 2. The molecule has 14 aromatic rings. The Hall–Kier alpha value is -15.2. The predicted molar refractivity (Wildman–Crippen MR) is 517 cm³/mol. The number of anilines is 8. The van der Waals surface area contributed by atoms with Crippen molar-refractivity contribution in [2.24, 2.45) is 5.73 Å². The second-order valence-electron chi connectivity index (χ2n) is 27.2. The van der Waals surface area contributed by atoms with E-state index in [1.54, 1.807) is 249 Å². The summed E-state index contributed by atoms with van der Waals surface area (Å²) >= 11 is 4.95. The Labute approximate surface area is 773 Å². The maximum atomic E-state index is 12.3. The second-order valence-corrected chi connectivity index (χ2v) is 37.2. The first kappa shape index (κ1) is 104. The van der Waals surface area contributed by atoms with Crippen molar-refractivity contribution in [2.75, 3.05) is 41.0 Å². The number of nitro benzene ring substituents is 2. The monoisotopic (exact) mass is 1920 g/mol. The molecule has 0 atom stereocenters. The number of rotatable bonds is 27. The summed E-state index contributed by atoms with van der Waals surface area (Å²) in [7, 11) is -12.6. The summed E-state index contributed by atoms with van der Waals surface area (Å²) < 4.78 is 138. The Morgan fingerprint density at radius 2 is 0.598 bits per heavy atom. The number of carbonyl (C=O) groups excluding carboxylic acids is 3. The highest BCUT2D eigenvalue weighted by Gasteiger charge is 2.18. The number of nitrogens with one attached hydrogen (secondary N) is 7. The number of sulfonamides is 4. The van der Waals surface area contributed by atoms with Crippen molar-refractivity contribution < 1.29 is 75.8 Å². The molecule has 0 aliphatic heterocycles. The Morgan fingerprint density at radius 1 is 0.326 bits per heavy atom. The van der Waals surface area contributed by atoms with Crippen LogP contribution in [0.15, 0.2) is 383 Å². The summed E-state index contributed by atoms with van der Waals surface area (Å²) in [5.74, 6) is -0.0611. The number of hydrogen-bond donors (Lipinski definition) is 10. The van der Waals surface area contributed by atoms with Crippen molar-refractivity contribution in [1.82, 2.24) is 15.3 Å². The van der Waals surface area contributed by atoms with Gasteiger partial charge in [0.25, 0.3) is 11.4 Å². The first-order valence-corrected chi connectivity index (χ1v) is 48.4. The molecule has 33 nitrogen and oxygen atoms in total. The summed E-state index contributed by atoms with van der Waals surface area (Å²) in [6, 6.07) is 99.3. The number of amides is 3. The molecule has 0 radical (unpaired) electrons. The molecule has 12 aromatic carbocycles. The van der Waals surface area contributed by atoms with Crippen LogP contribution >= 0.6 is 22.3 Å². The smallest absolute Gasteiger partial charge is 0.415 e. The van der Waals surface area contributed by atoms with E-state index in [1.807, 2.05) is 84.9 Å². The third kappa shape index (κ3) is 44.5. The molecule has 0 aliphatic rings. The fourth-order valence-corrected chi connectivity index (χ4v) is 16.4. The van der Waals surface area contributed by atoms with Crippen LogP contribution in [-0.2, 0) is 91.0 Å². The number of halogens is 2. The molecular formula is C92H90Cl2N14O19S5. The highest BCUT2D eigenvalue weighted by atomic mass is 35.7. The lowest BCUT2D eigenvalue weighted by molar-refractivity contribution is -0.385. The van der Waals surface area contributed by atoms with Gasteiger partial charge in [0.1, 0.15) is 11.5 Å². The molecule has 686 valence electrons. The number of para-hydroxylation sites is 7. The Kier molecular flexibility index (Phi) is 42.7. The number of nitrogens with zero attached hydrogens (tertiary/aromatic N) is 4. The van der Waals surface area contributed by atoms with Gasteiger partial charge >= 0.3 is 17.6 Å². The highest BCUT2D eigenvalue weighted by Crippen LogP contribution is 2.23. The fraction of sp³-hybridized carbons (Fsp3) is 0.0761. The molecule has 0 unspecified atom stereocenters. The molecule has 40 heteroatoms. The van der Waals surface area contributed by atoms with E-state index >= 15 is 0 Å². The summed E-state index contributed by atoms with van der Waals surface area (Å²) in [4.78, 5) is 61.4. The number of nitrogens with two attached hydrogens (primary N) is 3. The van der Waals surface area contributed by atoms with Gasteiger partial charge in [-0.25, -0.2) is 56.5 Å². The SMILES string of the molecule is NCc1ccncc1.Nc1ccc(CS(=O)(=O)Nc2ccccc2)cc1.Nc1ccccc1.O=C(Cl)Oc1ccccc1.O=C(NCc1ccncc1)Nc1ccc(CS(=O)(=O)Nc2ccccc2)cc1.O=C(Nc1ccc(CS(=O)(=O)Nc2ccccc2)cc1)Oc1ccccc1.O=[N+]([O-])c1ccc(CS(=O)(=O)Cl)cc1.O=[N+]([O-])c1ccc(CS(=O)(=O)Nc2ccccc2)cc1. The minimum Gasteiger partial charge on any atom is -0.415 e. The van der Waals surface area contributed by atoms with Gasteiger partial charge in [0.15, 0.2) is 0 Å². The standard InChI is InChI=1S/C20H20N4O3S.C20H18N2O4S.C13H12N2O4S.C13H14N2O2S.C7H6ClNO4S.C7H5ClO2.C6H8N2.C6H7N/c25-20(22-14-16-10-12-21-13-11-16)23-18-8-6-17(7-9-18)15-28(26,27)24-19-4-2-1-3-5-19;23-20(26-19-9-5-2-6-10-19)21-17-13-11-16(12-14-17)15-27(24,25)22-18-7-3-1-4-8-18;16-15(17)13-8-6-11(7-9-13)10-20(18,19)14-12-4-2-1-3-5-12;14-12-8-6-11(7-9-12)10-18(16,17)15-13-4-2-1-3-5-13;8-14(12,13)5-6-1-3-7(4-2-6)9(10)11;8-7(9)10-6-4-2-1-3-5-6;7-5-6-1-3-8-4-2-6;7-6-4-2-1-3-5-6/h1-13,24H,14-15H2,(H2,22,23,25);1-14,22H,15H2,(H,21,23);1-9,14H,10H2;1-9,15H,10,14H2;1-4H,5H2;1-5H;1-4H,5,7H2;1-5H,7H2. The lowest BCUT2D eigenvalue weighted by Crippen LogP contribution is -2.28. The van der Waals surface area contributed by atoms with Gasteiger partial charge in [-0.05, 0) is 185 Å². The number of ether oxygens (including phenoxy) is 2. The van der Waals surface area contributed by atoms with Crippen molar-refractivity contribution in [1.29, 1.82) is 0 Å². The van der Waals surface area contributed by atoms with Crippen LogP contribution in [0.1, 0.15) is 38.9 Å². The molecule has 14 rings (SSSR count). The van der Waals surface area contributed by atoms with E-state index in [4.69, 9.17) is 44.2 Å². The maximum absolute atomic E-state index is 12.3. The van der Waals surface area contributed by atoms with E-state index in [1.165, 1.54) is 48.5 Å². The van der Waals surface area contributed by atoms with Gasteiger partial charge in [0.05, 0.1) is 38.6 Å². The second kappa shape index (κ2) is 54.2. The Balaban J connectivity index is 0.000000214. The van der Waals surface area contributed by atoms with Crippen LogP contribution < -0.4 is 61.5 Å². The largest absolute Gasteiger partial charge is 0.417 e. The van der Waals surface area contributed by atoms with Gasteiger partial charge in [-0.2, -0.15) is 0 Å². The number of urea groups is 1. The predicted octanol–water partition coefficient (Wildman–Crippen LogP) is 18.2. The van der Waals surface area contributed by atoms with E-state index in [9.17, 15) is 76.7 Å². The minimum atomic E-state index is -3.61. The lowest BCUT2D eigenvalue weighted by atomic mass is 10.2. The molecule has 0 saturated heterocycles. The van der Waals surface area contributed by atoms with Crippen LogP contribution in [0.3, 0.4) is 0 Å². The van der Waals surface area contributed by atoms with Gasteiger partial charge in [-0.3, -0.25) is 54.4 Å². The highest BCUT2D eigenvalue weighted by molar-refractivity contribution is 8.13. The number of hydrogen-bond acceptors (Lipinski definition) is 24. The number of carbonyl (C=O) groups is 3. The van der Waals surface area contributed by atoms with Crippen LogP contribution in [-0.4, -0.2) is 79.5 Å². The first-order valence-electron chi connectivity index (χ1n) is 38.9. The third-order valence-corrected chi connectivity index (χ3v) is 22.6. The van der Waals surface area contributed by atoms with Crippen LogP contribution in [0.2, 0.25) is 0 Å². The van der Waals surface area contributed by atoms with Crippen molar-refractivity contribution in [3.05, 3.63) is 442 Å². The first-order chi connectivity index (χ1) is 63.0. The van der Waals surface area contributed by atoms with E-state index in [0.717, 1.165) is 16.8 Å². The zero-order chi connectivity index (χ0) is 95.6. The normalized spacial score (nSPS) is 10.6. The van der Waals surface area contributed by atoms with Crippen LogP contribution in [0.5, 0.6) is 11.5 Å². The van der Waals surface area contributed by atoms with Gasteiger partial charge in [0, 0.05) is 130 Å². The molecule has 2 aromatic heterocycles. The van der Waals surface area contributed by atoms with Crippen LogP contribution in [0.4, 0.5) is 71.3 Å². The Bertz CT molecular complexity index is 6490. The Morgan fingerprint density at radius 3 is 0.886 bits per heavy atom. The molecule has 0 aliphatic carbocycles. The minimum absolute atomic E-state index is 0.0673. The van der Waals surface area contributed by atoms with Crippen molar-refractivity contribution in [3.8, 4) is 11.5 Å². The molecule has 3 amide bonds. The molecule has 0 bridgehead atoms. The maximum Gasteiger partial charge on any atom is 0.417 e. The van der Waals surface area contributed by atoms with Crippen molar-refractivity contribution in [3.63, 3.8) is 0 Å². The summed E-state index contributed by atoms with van der Waals surface area (Å²) in [6.07, 6.45) is 6.18. The molecule has 13 N–H and O–H groups in total. The van der Waals surface area contributed by atoms with Gasteiger partial charge < -0.3 is 37.3 Å². The number of nitrogen functional groups attached to an aromatic ring is 2. The van der Waals surface area contributed by atoms with Gasteiger partial charge in [-0.15, -0.1) is 0 Å². The molecule has 132 heavy (non-hydrogen) atoms. The third-order valence-electron chi connectivity index (χ3n) is 16.5. The van der Waals surface area contributed by atoms with E-state index in [-0.39, 0.29) is 46.2 Å². The topological polar surface area (TPSA) is 515 Å². The molecule has 0 spiro atoms. The van der Waals surface area contributed by atoms with Gasteiger partial charge in [0.2, 0.25) is 49.1 Å². The van der Waals surface area contributed by atoms with E-state index in [0.29, 0.717) is 92.2 Å². The summed E-state index contributed by atoms with van der Waals surface area (Å²) in [5, 5.41) is 28.8. The zero-order valence-electron chi connectivity index (χ0n) is 69.9.